The zero-order chi connectivity index (χ0) is 15.3. The van der Waals surface area contributed by atoms with Gasteiger partial charge in [-0.25, -0.2) is 9.59 Å². The van der Waals surface area contributed by atoms with Crippen molar-refractivity contribution in [3.05, 3.63) is 35.9 Å². The Kier molecular flexibility index (Phi) is 4.80. The van der Waals surface area contributed by atoms with Crippen molar-refractivity contribution in [3.8, 4) is 0 Å². The number of carbonyl (C=O) groups is 2. The van der Waals surface area contributed by atoms with Crippen LogP contribution in [0.25, 0.3) is 0 Å². The van der Waals surface area contributed by atoms with Gasteiger partial charge in [-0.2, -0.15) is 0 Å². The van der Waals surface area contributed by atoms with E-state index in [4.69, 9.17) is 0 Å². The number of carboxylic acids is 1. The molecule has 1 unspecified atom stereocenters. The first kappa shape index (κ1) is 15.3. The molecule has 1 fully saturated rings. The number of amides is 2. The fraction of sp³-hybridized carbons (Fsp3) is 0.467. The first-order valence-electron chi connectivity index (χ1n) is 7.10. The van der Waals surface area contributed by atoms with Gasteiger partial charge in [0, 0.05) is 6.04 Å². The van der Waals surface area contributed by atoms with Gasteiger partial charge in [-0.15, -0.1) is 0 Å². The number of hydrogen-bond acceptors (Lipinski definition) is 3. The minimum Gasteiger partial charge on any atom is -0.479 e. The van der Waals surface area contributed by atoms with Gasteiger partial charge in [-0.05, 0) is 38.4 Å². The number of carboxylic acid groups (broad SMARTS) is 1. The summed E-state index contributed by atoms with van der Waals surface area (Å²) in [5.74, 6) is -1.09. The Balaban J connectivity index is 2.05. The van der Waals surface area contributed by atoms with Crippen molar-refractivity contribution in [1.82, 2.24) is 16.0 Å². The standard InChI is InChI=1S/C15H21N3O3/c1-15(13(19)20,11-5-3-2-4-6-11)18-14(21)17-12-7-9-16-10-8-12/h2-6,12,16H,7-10H2,1H3,(H,19,20)(H2,17,18,21). The van der Waals surface area contributed by atoms with Crippen LogP contribution in [0, 0.1) is 0 Å². The molecule has 1 atom stereocenters. The summed E-state index contributed by atoms with van der Waals surface area (Å²) in [7, 11) is 0. The van der Waals surface area contributed by atoms with E-state index < -0.39 is 17.5 Å². The lowest BCUT2D eigenvalue weighted by Gasteiger charge is -2.29. The van der Waals surface area contributed by atoms with E-state index in [-0.39, 0.29) is 6.04 Å². The minimum absolute atomic E-state index is 0.0834. The molecule has 0 aromatic heterocycles. The highest BCUT2D eigenvalue weighted by Crippen LogP contribution is 2.20. The average molecular weight is 291 g/mol. The number of urea groups is 1. The monoisotopic (exact) mass is 291 g/mol. The lowest BCUT2D eigenvalue weighted by Crippen LogP contribution is -2.55. The summed E-state index contributed by atoms with van der Waals surface area (Å²) in [6, 6.07) is 8.33. The number of benzene rings is 1. The molecule has 0 aliphatic carbocycles. The Morgan fingerprint density at radius 2 is 1.86 bits per heavy atom. The molecule has 2 rings (SSSR count). The predicted molar refractivity (Wildman–Crippen MR) is 79.0 cm³/mol. The maximum atomic E-state index is 12.1. The minimum atomic E-state index is -1.45. The maximum absolute atomic E-state index is 12.1. The Morgan fingerprint density at radius 3 is 2.43 bits per heavy atom. The highest BCUT2D eigenvalue weighted by atomic mass is 16.4. The van der Waals surface area contributed by atoms with Crippen LogP contribution >= 0.6 is 0 Å². The third-order valence-corrected chi connectivity index (χ3v) is 3.82. The van der Waals surface area contributed by atoms with E-state index in [1.165, 1.54) is 6.92 Å². The second-order valence-corrected chi connectivity index (χ2v) is 5.42. The highest BCUT2D eigenvalue weighted by Gasteiger charge is 2.37. The Labute approximate surface area is 123 Å². The zero-order valence-electron chi connectivity index (χ0n) is 12.1. The summed E-state index contributed by atoms with van der Waals surface area (Å²) in [6.07, 6.45) is 1.70. The van der Waals surface area contributed by atoms with Crippen LogP contribution in [0.5, 0.6) is 0 Å². The number of piperidine rings is 1. The molecule has 1 aliphatic rings. The van der Waals surface area contributed by atoms with Crippen LogP contribution in [-0.4, -0.2) is 36.2 Å². The summed E-state index contributed by atoms with van der Waals surface area (Å²) >= 11 is 0. The Hall–Kier alpha value is -2.08. The lowest BCUT2D eigenvalue weighted by atomic mass is 9.92. The normalized spacial score (nSPS) is 18.5. The van der Waals surface area contributed by atoms with Crippen LogP contribution in [0.4, 0.5) is 4.79 Å². The molecule has 1 saturated heterocycles. The molecule has 0 spiro atoms. The van der Waals surface area contributed by atoms with Gasteiger partial charge in [-0.3, -0.25) is 0 Å². The van der Waals surface area contributed by atoms with Gasteiger partial charge < -0.3 is 21.1 Å². The molecule has 0 bridgehead atoms. The van der Waals surface area contributed by atoms with Gasteiger partial charge in [0.2, 0.25) is 0 Å². The van der Waals surface area contributed by atoms with Crippen molar-refractivity contribution in [3.63, 3.8) is 0 Å². The molecule has 1 aromatic rings. The van der Waals surface area contributed by atoms with Gasteiger partial charge in [0.15, 0.2) is 5.54 Å². The van der Waals surface area contributed by atoms with E-state index >= 15 is 0 Å². The number of carbonyl (C=O) groups excluding carboxylic acids is 1. The van der Waals surface area contributed by atoms with E-state index in [1.54, 1.807) is 30.3 Å². The molecule has 0 saturated carbocycles. The average Bonchev–Trinajstić information content (AvgIpc) is 2.48. The van der Waals surface area contributed by atoms with Crippen molar-refractivity contribution in [2.75, 3.05) is 13.1 Å². The number of aliphatic carboxylic acids is 1. The summed E-state index contributed by atoms with van der Waals surface area (Å²) < 4.78 is 0. The quantitative estimate of drug-likeness (QED) is 0.667. The summed E-state index contributed by atoms with van der Waals surface area (Å²) in [5, 5.41) is 18.1. The second-order valence-electron chi connectivity index (χ2n) is 5.42. The van der Waals surface area contributed by atoms with Crippen LogP contribution < -0.4 is 16.0 Å². The predicted octanol–water partition coefficient (Wildman–Crippen LogP) is 1.04. The molecule has 21 heavy (non-hydrogen) atoms. The van der Waals surface area contributed by atoms with Crippen molar-refractivity contribution in [2.24, 2.45) is 0 Å². The van der Waals surface area contributed by atoms with Crippen LogP contribution in [0.3, 0.4) is 0 Å². The number of hydrogen-bond donors (Lipinski definition) is 4. The molecule has 1 heterocycles. The first-order chi connectivity index (χ1) is 10.0. The lowest BCUT2D eigenvalue weighted by molar-refractivity contribution is -0.144. The number of rotatable bonds is 4. The molecular formula is C15H21N3O3. The van der Waals surface area contributed by atoms with E-state index in [9.17, 15) is 14.7 Å². The summed E-state index contributed by atoms with van der Waals surface area (Å²) in [6.45, 7) is 3.21. The third-order valence-electron chi connectivity index (χ3n) is 3.82. The third kappa shape index (κ3) is 3.72. The molecular weight excluding hydrogens is 270 g/mol. The van der Waals surface area contributed by atoms with Gasteiger partial charge in [0.1, 0.15) is 0 Å². The van der Waals surface area contributed by atoms with Gasteiger partial charge in [0.05, 0.1) is 0 Å². The molecule has 114 valence electrons. The van der Waals surface area contributed by atoms with Crippen molar-refractivity contribution in [1.29, 1.82) is 0 Å². The highest BCUT2D eigenvalue weighted by molar-refractivity contribution is 5.87. The number of nitrogens with one attached hydrogen (secondary N) is 3. The van der Waals surface area contributed by atoms with E-state index in [0.717, 1.165) is 25.9 Å². The van der Waals surface area contributed by atoms with Crippen molar-refractivity contribution >= 4 is 12.0 Å². The van der Waals surface area contributed by atoms with Crippen LogP contribution in [0.2, 0.25) is 0 Å². The van der Waals surface area contributed by atoms with E-state index in [2.05, 4.69) is 16.0 Å². The van der Waals surface area contributed by atoms with E-state index in [1.807, 2.05) is 0 Å². The summed E-state index contributed by atoms with van der Waals surface area (Å²) in [5.41, 5.74) is -0.906. The topological polar surface area (TPSA) is 90.5 Å². The van der Waals surface area contributed by atoms with Crippen molar-refractivity contribution in [2.45, 2.75) is 31.3 Å². The molecule has 6 heteroatoms. The molecule has 0 radical (unpaired) electrons. The fourth-order valence-corrected chi connectivity index (χ4v) is 2.44. The Morgan fingerprint density at radius 1 is 1.24 bits per heavy atom. The Bertz CT molecular complexity index is 500. The van der Waals surface area contributed by atoms with Gasteiger partial charge in [0.25, 0.3) is 0 Å². The summed E-state index contributed by atoms with van der Waals surface area (Å²) in [4.78, 5) is 23.7. The second kappa shape index (κ2) is 6.58. The molecule has 1 aromatic carbocycles. The van der Waals surface area contributed by atoms with Crippen LogP contribution in [-0.2, 0) is 10.3 Å². The van der Waals surface area contributed by atoms with Crippen LogP contribution in [0.15, 0.2) is 30.3 Å². The fourth-order valence-electron chi connectivity index (χ4n) is 2.44. The van der Waals surface area contributed by atoms with Gasteiger partial charge in [-0.1, -0.05) is 30.3 Å². The maximum Gasteiger partial charge on any atom is 0.333 e. The molecule has 6 nitrogen and oxygen atoms in total. The van der Waals surface area contributed by atoms with Gasteiger partial charge >= 0.3 is 12.0 Å². The SMILES string of the molecule is CC(NC(=O)NC1CCNCC1)(C(=O)O)c1ccccc1. The van der Waals surface area contributed by atoms with Crippen LogP contribution in [0.1, 0.15) is 25.3 Å². The first-order valence-corrected chi connectivity index (χ1v) is 7.10. The smallest absolute Gasteiger partial charge is 0.333 e. The molecule has 2 amide bonds. The van der Waals surface area contributed by atoms with Crippen molar-refractivity contribution < 1.29 is 14.7 Å². The van der Waals surface area contributed by atoms with E-state index in [0.29, 0.717) is 5.56 Å². The largest absolute Gasteiger partial charge is 0.479 e. The zero-order valence-corrected chi connectivity index (χ0v) is 12.1. The molecule has 1 aliphatic heterocycles. The molecule has 4 N–H and O–H groups in total.